The average Bonchev–Trinajstić information content (AvgIpc) is 3.29. The second kappa shape index (κ2) is 24.0. The van der Waals surface area contributed by atoms with Crippen LogP contribution < -0.4 is 30.7 Å². The Morgan fingerprint density at radius 3 is 1.41 bits per heavy atom. The standard InChI is InChI=1S/C47H43Cl5N8O8/c1-23(49)31-9-7-11-38(42(31)67-5)55-44(63)33-20-29(13-16-35(33)51)57-59-40(25(3)61)46(65)53-28-15-18-37(27(19-28)22-48)54-47(66)41(26(4)62)60-58-30-14-17-36(52)34(21-30)45(64)56-39-12-8-10-32(24(2)50)43(39)68-6/h7-21,23-24,40-41H,22H2,1-6H3,(H,53,65)(H,54,66)(H,55,63)(H,56,64). The first kappa shape index (κ1) is 52.5. The number of rotatable bonds is 19. The molecule has 0 saturated carbocycles. The van der Waals surface area contributed by atoms with E-state index in [9.17, 15) is 28.8 Å². The van der Waals surface area contributed by atoms with Gasteiger partial charge < -0.3 is 30.7 Å². The number of hydrogen-bond acceptors (Lipinski definition) is 12. The molecule has 0 fully saturated rings. The molecule has 5 rings (SSSR count). The molecule has 354 valence electrons. The summed E-state index contributed by atoms with van der Waals surface area (Å²) in [5.41, 5.74) is 2.99. The van der Waals surface area contributed by atoms with E-state index in [1.165, 1.54) is 68.8 Å². The molecular formula is C47H43Cl5N8O8. The largest absolute Gasteiger partial charge is 0.494 e. The Morgan fingerprint density at radius 2 is 1.01 bits per heavy atom. The first-order chi connectivity index (χ1) is 32.4. The van der Waals surface area contributed by atoms with Gasteiger partial charge in [0.2, 0.25) is 12.1 Å². The summed E-state index contributed by atoms with van der Waals surface area (Å²) in [6.07, 6.45) is 0. The van der Waals surface area contributed by atoms with E-state index in [1.807, 2.05) is 0 Å². The molecule has 0 bridgehead atoms. The zero-order valence-electron chi connectivity index (χ0n) is 37.1. The van der Waals surface area contributed by atoms with Gasteiger partial charge in [-0.25, -0.2) is 0 Å². The number of hydrogen-bond donors (Lipinski definition) is 4. The Kier molecular flexibility index (Phi) is 18.6. The van der Waals surface area contributed by atoms with Crippen molar-refractivity contribution in [2.24, 2.45) is 20.5 Å². The summed E-state index contributed by atoms with van der Waals surface area (Å²) in [6, 6.07) is 19.7. The second-order valence-electron chi connectivity index (χ2n) is 14.8. The lowest BCUT2D eigenvalue weighted by molar-refractivity contribution is -0.127. The number of Topliss-reactive ketones (excluding diaryl/α,β-unsaturated/α-hetero) is 2. The van der Waals surface area contributed by atoms with Crippen molar-refractivity contribution < 1.29 is 38.2 Å². The zero-order valence-corrected chi connectivity index (χ0v) is 40.9. The van der Waals surface area contributed by atoms with Crippen LogP contribution in [0.1, 0.15) is 75.9 Å². The van der Waals surface area contributed by atoms with E-state index in [0.29, 0.717) is 39.6 Å². The Hall–Kier alpha value is -6.43. The molecule has 68 heavy (non-hydrogen) atoms. The molecule has 0 spiro atoms. The van der Waals surface area contributed by atoms with Crippen LogP contribution in [0.4, 0.5) is 34.1 Å². The van der Waals surface area contributed by atoms with E-state index in [-0.39, 0.29) is 49.8 Å². The molecule has 4 amide bonds. The summed E-state index contributed by atoms with van der Waals surface area (Å²) in [7, 11) is 2.90. The van der Waals surface area contributed by atoms with Crippen LogP contribution in [0.25, 0.3) is 0 Å². The van der Waals surface area contributed by atoms with Gasteiger partial charge in [0.15, 0.2) is 11.6 Å². The van der Waals surface area contributed by atoms with E-state index in [2.05, 4.69) is 41.7 Å². The normalized spacial score (nSPS) is 13.0. The molecule has 0 saturated heterocycles. The SMILES string of the molecule is COc1c(NC(=O)c2cc(N=NC(C(C)=O)C(=O)Nc3ccc(NC(=O)C(N=Nc4ccc(Cl)c(C(=O)Nc5cccc(C(C)Cl)c5OC)c4)C(C)=O)c(CCl)c3)ccc2Cl)cccc1C(C)Cl. The number of ketones is 2. The number of amides is 4. The zero-order chi connectivity index (χ0) is 49.8. The molecule has 4 atom stereocenters. The average molecular weight is 1030 g/mol. The van der Waals surface area contributed by atoms with E-state index >= 15 is 0 Å². The van der Waals surface area contributed by atoms with Crippen LogP contribution in [0.5, 0.6) is 11.5 Å². The number of methoxy groups -OCH3 is 2. The lowest BCUT2D eigenvalue weighted by Crippen LogP contribution is -2.32. The fraction of sp³-hybridized carbons (Fsp3) is 0.234. The number of carbonyl (C=O) groups is 6. The first-order valence-corrected chi connectivity index (χ1v) is 22.5. The Morgan fingerprint density at radius 1 is 0.574 bits per heavy atom. The highest BCUT2D eigenvalue weighted by Gasteiger charge is 2.27. The van der Waals surface area contributed by atoms with Crippen molar-refractivity contribution in [3.63, 3.8) is 0 Å². The van der Waals surface area contributed by atoms with Gasteiger partial charge in [0.05, 0.1) is 68.9 Å². The molecule has 4 unspecified atom stereocenters. The van der Waals surface area contributed by atoms with Crippen molar-refractivity contribution in [1.82, 2.24) is 0 Å². The molecule has 16 nitrogen and oxygen atoms in total. The third kappa shape index (κ3) is 13.2. The fourth-order valence-electron chi connectivity index (χ4n) is 6.47. The summed E-state index contributed by atoms with van der Waals surface area (Å²) in [6.45, 7) is 5.84. The number of benzene rings is 5. The molecule has 0 heterocycles. The van der Waals surface area contributed by atoms with Gasteiger partial charge in [-0.3, -0.25) is 28.8 Å². The minimum atomic E-state index is -1.62. The molecule has 0 aliphatic rings. The summed E-state index contributed by atoms with van der Waals surface area (Å²) in [4.78, 5) is 78.8. The number of halogens is 5. The highest BCUT2D eigenvalue weighted by atomic mass is 35.5. The fourth-order valence-corrected chi connectivity index (χ4v) is 7.44. The number of carbonyl (C=O) groups excluding carboxylic acids is 6. The van der Waals surface area contributed by atoms with Gasteiger partial charge in [0.25, 0.3) is 23.6 Å². The maximum Gasteiger partial charge on any atom is 0.258 e. The summed E-state index contributed by atoms with van der Waals surface area (Å²) >= 11 is 31.6. The van der Waals surface area contributed by atoms with Crippen LogP contribution >= 0.6 is 58.0 Å². The molecule has 0 aliphatic heterocycles. The van der Waals surface area contributed by atoms with Gasteiger partial charge in [-0.15, -0.1) is 34.8 Å². The topological polar surface area (TPSA) is 218 Å². The number of ether oxygens (including phenoxy) is 2. The highest BCUT2D eigenvalue weighted by molar-refractivity contribution is 6.35. The third-order valence-corrected chi connectivity index (χ3v) is 11.3. The van der Waals surface area contributed by atoms with Crippen molar-refractivity contribution in [2.45, 2.75) is 56.4 Å². The second-order valence-corrected chi connectivity index (χ2v) is 17.2. The van der Waals surface area contributed by atoms with Crippen molar-refractivity contribution in [1.29, 1.82) is 0 Å². The van der Waals surface area contributed by atoms with Crippen molar-refractivity contribution in [2.75, 3.05) is 35.5 Å². The Balaban J connectivity index is 1.27. The summed E-state index contributed by atoms with van der Waals surface area (Å²) < 4.78 is 11.0. The maximum absolute atomic E-state index is 13.4. The molecule has 0 radical (unpaired) electrons. The molecule has 4 N–H and O–H groups in total. The quantitative estimate of drug-likeness (QED) is 0.0353. The van der Waals surface area contributed by atoms with Gasteiger partial charge in [-0.1, -0.05) is 47.5 Å². The molecule has 0 aliphatic carbocycles. The van der Waals surface area contributed by atoms with Gasteiger partial charge in [0.1, 0.15) is 11.5 Å². The number of nitrogens with one attached hydrogen (secondary N) is 4. The maximum atomic E-state index is 13.4. The third-order valence-electron chi connectivity index (χ3n) is 9.86. The van der Waals surface area contributed by atoms with Gasteiger partial charge in [-0.05, 0) is 100.0 Å². The lowest BCUT2D eigenvalue weighted by atomic mass is 10.1. The number of azo groups is 2. The van der Waals surface area contributed by atoms with Crippen LogP contribution in [0, 0.1) is 0 Å². The van der Waals surface area contributed by atoms with Crippen LogP contribution in [0.15, 0.2) is 111 Å². The van der Waals surface area contributed by atoms with Gasteiger partial charge in [-0.2, -0.15) is 20.5 Å². The summed E-state index contributed by atoms with van der Waals surface area (Å²) in [5, 5.41) is 26.2. The van der Waals surface area contributed by atoms with E-state index < -0.39 is 58.0 Å². The van der Waals surface area contributed by atoms with E-state index in [1.54, 1.807) is 50.2 Å². The molecular weight excluding hydrogens is 982 g/mol. The number of anilines is 4. The molecule has 5 aromatic carbocycles. The minimum Gasteiger partial charge on any atom is -0.494 e. The van der Waals surface area contributed by atoms with Crippen LogP contribution in [0.2, 0.25) is 10.0 Å². The van der Waals surface area contributed by atoms with Gasteiger partial charge >= 0.3 is 0 Å². The number of para-hydroxylation sites is 2. The van der Waals surface area contributed by atoms with Crippen LogP contribution in [-0.4, -0.2) is 61.5 Å². The van der Waals surface area contributed by atoms with Crippen LogP contribution in [0.3, 0.4) is 0 Å². The first-order valence-electron chi connectivity index (χ1n) is 20.3. The lowest BCUT2D eigenvalue weighted by Gasteiger charge is -2.16. The van der Waals surface area contributed by atoms with Crippen molar-refractivity contribution in [3.05, 3.63) is 129 Å². The molecule has 21 heteroatoms. The predicted molar refractivity (Wildman–Crippen MR) is 265 cm³/mol. The monoisotopic (exact) mass is 1020 g/mol. The van der Waals surface area contributed by atoms with Crippen LogP contribution in [-0.2, 0) is 25.1 Å². The van der Waals surface area contributed by atoms with Crippen molar-refractivity contribution in [3.8, 4) is 11.5 Å². The Labute approximate surface area is 416 Å². The molecule has 0 aromatic heterocycles. The highest BCUT2D eigenvalue weighted by Crippen LogP contribution is 2.38. The summed E-state index contributed by atoms with van der Waals surface area (Å²) in [5.74, 6) is -3.60. The Bertz CT molecular complexity index is 2820. The smallest absolute Gasteiger partial charge is 0.258 e. The number of alkyl halides is 3. The van der Waals surface area contributed by atoms with E-state index in [0.717, 1.165) is 13.8 Å². The van der Waals surface area contributed by atoms with Gasteiger partial charge in [0, 0.05) is 28.4 Å². The van der Waals surface area contributed by atoms with Crippen molar-refractivity contribution >= 4 is 127 Å². The molecule has 5 aromatic rings. The number of nitrogens with zero attached hydrogens (tertiary/aromatic N) is 4. The minimum absolute atomic E-state index is 0.0228. The predicted octanol–water partition coefficient (Wildman–Crippen LogP) is 12.2. The van der Waals surface area contributed by atoms with E-state index in [4.69, 9.17) is 67.5 Å².